The molecular weight excluding hydrogens is 408 g/mol. The monoisotopic (exact) mass is 436 g/mol. The molecule has 6 nitrogen and oxygen atoms in total. The van der Waals surface area contributed by atoms with E-state index in [0.29, 0.717) is 26.1 Å². The number of nitrogens with zero attached hydrogens (tertiary/aromatic N) is 3. The van der Waals surface area contributed by atoms with Crippen molar-refractivity contribution in [2.45, 2.75) is 45.6 Å². The molecule has 1 amide bonds. The summed E-state index contributed by atoms with van der Waals surface area (Å²) in [5.41, 5.74) is 3.50. The summed E-state index contributed by atoms with van der Waals surface area (Å²) in [5.74, 6) is 0.918. The summed E-state index contributed by atoms with van der Waals surface area (Å²) < 4.78 is 0. The number of carbonyl (C=O) groups is 1. The zero-order valence-electron chi connectivity index (χ0n) is 17.9. The Labute approximate surface area is 185 Å². The van der Waals surface area contributed by atoms with Crippen LogP contribution in [0.5, 0.6) is 0 Å². The number of hydrogen-bond acceptors (Lipinski definition) is 5. The van der Waals surface area contributed by atoms with Gasteiger partial charge in [-0.15, -0.1) is 11.3 Å². The number of aromatic nitrogens is 2. The highest BCUT2D eigenvalue weighted by molar-refractivity contribution is 7.18. The van der Waals surface area contributed by atoms with Crippen molar-refractivity contribution in [2.75, 3.05) is 26.2 Å². The summed E-state index contributed by atoms with van der Waals surface area (Å²) in [4.78, 5) is 39.8. The summed E-state index contributed by atoms with van der Waals surface area (Å²) in [6.07, 6.45) is 4.90. The second-order valence-corrected chi connectivity index (χ2v) is 9.75. The fraction of sp³-hybridized carbons (Fsp3) is 0.458. The normalized spacial score (nSPS) is 17.1. The molecule has 1 aliphatic carbocycles. The lowest BCUT2D eigenvalue weighted by Crippen LogP contribution is -2.49. The number of amides is 1. The minimum absolute atomic E-state index is 0.00597. The molecule has 0 atom stereocenters. The number of piperazine rings is 1. The van der Waals surface area contributed by atoms with E-state index in [1.165, 1.54) is 16.9 Å². The van der Waals surface area contributed by atoms with Crippen LogP contribution in [0.3, 0.4) is 0 Å². The largest absolute Gasteiger partial charge is 0.340 e. The SMILES string of the molecule is Cc1ccccc1CC(=O)N1CCN(Cc2nc3sc4c(c3c(=O)[nH]2)CCCC4)CC1. The Hall–Kier alpha value is -2.51. The number of H-pyrrole nitrogens is 1. The molecule has 2 aromatic heterocycles. The van der Waals surface area contributed by atoms with E-state index >= 15 is 0 Å². The second-order valence-electron chi connectivity index (χ2n) is 8.66. The molecule has 3 aromatic rings. The third-order valence-electron chi connectivity index (χ3n) is 6.58. The van der Waals surface area contributed by atoms with Gasteiger partial charge in [0.05, 0.1) is 18.4 Å². The van der Waals surface area contributed by atoms with E-state index in [4.69, 9.17) is 4.98 Å². The van der Waals surface area contributed by atoms with Crippen LogP contribution in [0.25, 0.3) is 10.2 Å². The third kappa shape index (κ3) is 4.16. The first kappa shape index (κ1) is 20.4. The van der Waals surface area contributed by atoms with Crippen molar-refractivity contribution < 1.29 is 4.79 Å². The van der Waals surface area contributed by atoms with E-state index in [2.05, 4.69) is 22.9 Å². The Morgan fingerprint density at radius 3 is 2.71 bits per heavy atom. The number of fused-ring (bicyclic) bond motifs is 3. The van der Waals surface area contributed by atoms with Gasteiger partial charge in [-0.3, -0.25) is 14.5 Å². The molecule has 31 heavy (non-hydrogen) atoms. The first-order valence-corrected chi connectivity index (χ1v) is 12.0. The average molecular weight is 437 g/mol. The average Bonchev–Trinajstić information content (AvgIpc) is 3.14. The number of hydrogen-bond donors (Lipinski definition) is 1. The molecule has 162 valence electrons. The summed E-state index contributed by atoms with van der Waals surface area (Å²) >= 11 is 1.69. The van der Waals surface area contributed by atoms with E-state index in [-0.39, 0.29) is 11.5 Å². The lowest BCUT2D eigenvalue weighted by molar-refractivity contribution is -0.132. The van der Waals surface area contributed by atoms with Crippen molar-refractivity contribution >= 4 is 27.5 Å². The molecule has 1 aliphatic heterocycles. The van der Waals surface area contributed by atoms with Crippen LogP contribution in [0, 0.1) is 6.92 Å². The minimum Gasteiger partial charge on any atom is -0.340 e. The van der Waals surface area contributed by atoms with E-state index in [0.717, 1.165) is 59.5 Å². The van der Waals surface area contributed by atoms with Crippen LogP contribution in [0.1, 0.15) is 40.2 Å². The Morgan fingerprint density at radius 2 is 1.90 bits per heavy atom. The van der Waals surface area contributed by atoms with Crippen LogP contribution in [-0.4, -0.2) is 51.9 Å². The van der Waals surface area contributed by atoms with Crippen molar-refractivity contribution in [3.05, 3.63) is 62.0 Å². The quantitative estimate of drug-likeness (QED) is 0.683. The van der Waals surface area contributed by atoms with Gasteiger partial charge in [-0.05, 0) is 49.3 Å². The van der Waals surface area contributed by atoms with Crippen LogP contribution in [0.2, 0.25) is 0 Å². The summed E-state index contributed by atoms with van der Waals surface area (Å²) in [5, 5.41) is 0.815. The molecule has 0 unspecified atom stereocenters. The van der Waals surface area contributed by atoms with Gasteiger partial charge in [0.2, 0.25) is 5.91 Å². The number of carbonyl (C=O) groups excluding carboxylic acids is 1. The molecule has 1 N–H and O–H groups in total. The smallest absolute Gasteiger partial charge is 0.259 e. The first-order valence-electron chi connectivity index (χ1n) is 11.2. The van der Waals surface area contributed by atoms with E-state index in [1.807, 2.05) is 23.1 Å². The number of aromatic amines is 1. The number of thiophene rings is 1. The van der Waals surface area contributed by atoms with Gasteiger partial charge >= 0.3 is 0 Å². The van der Waals surface area contributed by atoms with Crippen molar-refractivity contribution in [2.24, 2.45) is 0 Å². The molecule has 5 rings (SSSR count). The fourth-order valence-corrected chi connectivity index (χ4v) is 6.01. The highest BCUT2D eigenvalue weighted by atomic mass is 32.1. The standard InChI is InChI=1S/C24H28N4O2S/c1-16-6-2-3-7-17(16)14-21(29)28-12-10-27(11-13-28)15-20-25-23(30)22-18-8-4-5-9-19(18)31-24(22)26-20/h2-3,6-7H,4-5,8-15H2,1H3,(H,25,26,30). The maximum absolute atomic E-state index is 12.8. The van der Waals surface area contributed by atoms with E-state index in [1.54, 1.807) is 11.3 Å². The Morgan fingerprint density at radius 1 is 1.13 bits per heavy atom. The molecule has 7 heteroatoms. The number of rotatable bonds is 4. The zero-order chi connectivity index (χ0) is 21.4. The summed E-state index contributed by atoms with van der Waals surface area (Å²) in [6.45, 7) is 5.68. The molecule has 0 bridgehead atoms. The van der Waals surface area contributed by atoms with Gasteiger partial charge in [-0.2, -0.15) is 0 Å². The number of benzene rings is 1. The van der Waals surface area contributed by atoms with Crippen molar-refractivity contribution in [3.63, 3.8) is 0 Å². The lowest BCUT2D eigenvalue weighted by Gasteiger charge is -2.34. The zero-order valence-corrected chi connectivity index (χ0v) is 18.8. The van der Waals surface area contributed by atoms with Crippen LogP contribution >= 0.6 is 11.3 Å². The Balaban J connectivity index is 1.22. The molecule has 0 radical (unpaired) electrons. The second kappa shape index (κ2) is 8.55. The maximum Gasteiger partial charge on any atom is 0.259 e. The first-order chi connectivity index (χ1) is 15.1. The number of aryl methyl sites for hydroxylation is 3. The fourth-order valence-electron chi connectivity index (χ4n) is 4.73. The third-order valence-corrected chi connectivity index (χ3v) is 7.76. The Kier molecular flexibility index (Phi) is 5.63. The highest BCUT2D eigenvalue weighted by Crippen LogP contribution is 2.33. The molecule has 3 heterocycles. The molecular formula is C24H28N4O2S. The van der Waals surface area contributed by atoms with E-state index in [9.17, 15) is 9.59 Å². The Bertz CT molecular complexity index is 1170. The highest BCUT2D eigenvalue weighted by Gasteiger charge is 2.23. The number of nitrogens with one attached hydrogen (secondary N) is 1. The van der Waals surface area contributed by atoms with Crippen LogP contribution < -0.4 is 5.56 Å². The lowest BCUT2D eigenvalue weighted by atomic mass is 9.97. The van der Waals surface area contributed by atoms with Gasteiger partial charge in [0, 0.05) is 31.1 Å². The van der Waals surface area contributed by atoms with Crippen LogP contribution in [-0.2, 0) is 30.6 Å². The summed E-state index contributed by atoms with van der Waals surface area (Å²) in [7, 11) is 0. The van der Waals surface area contributed by atoms with Gasteiger partial charge < -0.3 is 9.88 Å². The minimum atomic E-state index is 0.00597. The summed E-state index contributed by atoms with van der Waals surface area (Å²) in [6, 6.07) is 8.07. The molecule has 1 fully saturated rings. The van der Waals surface area contributed by atoms with Crippen molar-refractivity contribution in [1.82, 2.24) is 19.8 Å². The van der Waals surface area contributed by atoms with Gasteiger partial charge in [-0.25, -0.2) is 4.98 Å². The molecule has 1 saturated heterocycles. The van der Waals surface area contributed by atoms with Crippen LogP contribution in [0.15, 0.2) is 29.1 Å². The molecule has 1 aromatic carbocycles. The van der Waals surface area contributed by atoms with Gasteiger partial charge in [-0.1, -0.05) is 24.3 Å². The molecule has 0 saturated carbocycles. The maximum atomic E-state index is 12.8. The van der Waals surface area contributed by atoms with Crippen LogP contribution in [0.4, 0.5) is 0 Å². The van der Waals surface area contributed by atoms with Gasteiger partial charge in [0.25, 0.3) is 5.56 Å². The predicted octanol–water partition coefficient (Wildman–Crippen LogP) is 3.06. The van der Waals surface area contributed by atoms with E-state index < -0.39 is 0 Å². The predicted molar refractivity (Wildman–Crippen MR) is 124 cm³/mol. The van der Waals surface area contributed by atoms with Crippen molar-refractivity contribution in [1.29, 1.82) is 0 Å². The van der Waals surface area contributed by atoms with Crippen molar-refractivity contribution in [3.8, 4) is 0 Å². The molecule has 2 aliphatic rings. The topological polar surface area (TPSA) is 69.3 Å². The van der Waals surface area contributed by atoms with Gasteiger partial charge in [0.1, 0.15) is 10.7 Å². The molecule has 0 spiro atoms. The van der Waals surface area contributed by atoms with Gasteiger partial charge in [0.15, 0.2) is 0 Å².